The van der Waals surface area contributed by atoms with Crippen LogP contribution in [0.4, 0.5) is 18.0 Å². The second kappa shape index (κ2) is 9.23. The molecule has 4 fully saturated rings. The number of likely N-dealkylation sites (tertiary alicyclic amines) is 2. The summed E-state index contributed by atoms with van der Waals surface area (Å²) in [5.41, 5.74) is 9.72. The molecule has 1 aliphatic carbocycles. The number of carbonyl (C=O) groups excluding carboxylic acids is 2. The Morgan fingerprint density at radius 2 is 1.71 bits per heavy atom. The van der Waals surface area contributed by atoms with Gasteiger partial charge >= 0.3 is 12.5 Å². The quantitative estimate of drug-likeness (QED) is 0.601. The van der Waals surface area contributed by atoms with E-state index in [1.165, 1.54) is 18.2 Å². The van der Waals surface area contributed by atoms with Crippen molar-refractivity contribution in [1.29, 1.82) is 0 Å². The molecule has 3 N–H and O–H groups in total. The van der Waals surface area contributed by atoms with Crippen molar-refractivity contribution in [2.45, 2.75) is 44.3 Å². The zero-order valence-electron chi connectivity index (χ0n) is 18.5. The number of hydrazine groups is 2. The number of fused-ring (bicyclic) bond motifs is 2. The maximum Gasteiger partial charge on any atom is 0.573 e. The molecule has 12 heteroatoms. The first-order valence-corrected chi connectivity index (χ1v) is 11.6. The molecule has 5 rings (SSSR count). The Balaban J connectivity index is 1.08. The summed E-state index contributed by atoms with van der Waals surface area (Å²) in [6.45, 7) is 2.15. The number of hydrogen-bond acceptors (Lipinski definition) is 7. The van der Waals surface area contributed by atoms with Crippen LogP contribution in [-0.4, -0.2) is 66.4 Å². The summed E-state index contributed by atoms with van der Waals surface area (Å²) in [7, 11) is 0. The minimum atomic E-state index is -4.78. The van der Waals surface area contributed by atoms with Crippen LogP contribution in [0.2, 0.25) is 0 Å². The fourth-order valence-corrected chi connectivity index (χ4v) is 5.60. The molecule has 0 bridgehead atoms. The van der Waals surface area contributed by atoms with Crippen LogP contribution in [0.3, 0.4) is 0 Å². The van der Waals surface area contributed by atoms with E-state index in [4.69, 9.17) is 4.74 Å². The first-order valence-electron chi connectivity index (χ1n) is 11.6. The first-order chi connectivity index (χ1) is 16.2. The Morgan fingerprint density at radius 3 is 2.44 bits per heavy atom. The van der Waals surface area contributed by atoms with Crippen molar-refractivity contribution in [3.8, 4) is 5.75 Å². The van der Waals surface area contributed by atoms with Gasteiger partial charge in [-0.1, -0.05) is 12.1 Å². The summed E-state index contributed by atoms with van der Waals surface area (Å²) in [6.07, 6.45) is -2.65. The maximum atomic E-state index is 13.1. The molecule has 34 heavy (non-hydrogen) atoms. The van der Waals surface area contributed by atoms with Crippen molar-refractivity contribution < 1.29 is 32.2 Å². The Kier molecular flexibility index (Phi) is 6.30. The second-order valence-corrected chi connectivity index (χ2v) is 9.55. The number of hydrogen-bond donors (Lipinski definition) is 3. The van der Waals surface area contributed by atoms with Crippen LogP contribution >= 0.6 is 0 Å². The van der Waals surface area contributed by atoms with Crippen molar-refractivity contribution in [3.05, 3.63) is 29.8 Å². The van der Waals surface area contributed by atoms with Crippen LogP contribution in [0.25, 0.3) is 0 Å². The zero-order chi connectivity index (χ0) is 23.9. The lowest BCUT2D eigenvalue weighted by molar-refractivity contribution is -0.274. The Labute approximate surface area is 194 Å². The van der Waals surface area contributed by atoms with E-state index in [-0.39, 0.29) is 42.1 Å². The van der Waals surface area contributed by atoms with E-state index in [2.05, 4.69) is 21.1 Å². The predicted molar refractivity (Wildman–Crippen MR) is 113 cm³/mol. The molecule has 2 amide bonds. The molecule has 9 nitrogen and oxygen atoms in total. The molecule has 3 saturated heterocycles. The van der Waals surface area contributed by atoms with Crippen LogP contribution in [0, 0.1) is 17.8 Å². The number of nitrogens with zero attached hydrogens (tertiary/aromatic N) is 2. The molecule has 5 atom stereocenters. The van der Waals surface area contributed by atoms with E-state index in [1.54, 1.807) is 11.0 Å². The SMILES string of the molecule is O=C(OCc1cccc(OC(F)(F)F)c1)N1C[C@@H]2CN(C(=O)C3CCC4NNNC4C3)C[C@@H]2C1. The lowest BCUT2D eigenvalue weighted by Crippen LogP contribution is -2.45. The van der Waals surface area contributed by atoms with E-state index in [0.717, 1.165) is 19.3 Å². The highest BCUT2D eigenvalue weighted by Crippen LogP contribution is 2.35. The van der Waals surface area contributed by atoms with E-state index in [9.17, 15) is 22.8 Å². The minimum Gasteiger partial charge on any atom is -0.445 e. The average Bonchev–Trinajstić information content (AvgIpc) is 3.50. The molecule has 1 aromatic rings. The molecule has 1 saturated carbocycles. The smallest absolute Gasteiger partial charge is 0.445 e. The second-order valence-electron chi connectivity index (χ2n) is 9.55. The van der Waals surface area contributed by atoms with Gasteiger partial charge in [0.15, 0.2) is 0 Å². The molecular formula is C22H28F3N5O4. The van der Waals surface area contributed by atoms with Crippen LogP contribution < -0.4 is 21.1 Å². The van der Waals surface area contributed by atoms with Gasteiger partial charge in [-0.25, -0.2) is 15.6 Å². The molecule has 3 unspecified atom stereocenters. The lowest BCUT2D eigenvalue weighted by Gasteiger charge is -2.32. The highest BCUT2D eigenvalue weighted by Gasteiger charge is 2.46. The third-order valence-corrected chi connectivity index (χ3v) is 7.27. The number of carbonyl (C=O) groups is 2. The third-order valence-electron chi connectivity index (χ3n) is 7.27. The Bertz CT molecular complexity index is 918. The summed E-state index contributed by atoms with van der Waals surface area (Å²) >= 11 is 0. The maximum absolute atomic E-state index is 13.1. The van der Waals surface area contributed by atoms with Gasteiger partial charge in [-0.15, -0.1) is 13.2 Å². The summed E-state index contributed by atoms with van der Waals surface area (Å²) in [5.74, 6) is 0.295. The fourth-order valence-electron chi connectivity index (χ4n) is 5.60. The monoisotopic (exact) mass is 483 g/mol. The molecule has 0 aromatic heterocycles. The van der Waals surface area contributed by atoms with Crippen molar-refractivity contribution in [2.75, 3.05) is 26.2 Å². The number of benzene rings is 1. The minimum absolute atomic E-state index is 0.0208. The van der Waals surface area contributed by atoms with Gasteiger partial charge in [0.05, 0.1) is 0 Å². The predicted octanol–water partition coefficient (Wildman–Crippen LogP) is 1.76. The summed E-state index contributed by atoms with van der Waals surface area (Å²) in [4.78, 5) is 29.2. The van der Waals surface area contributed by atoms with E-state index in [1.807, 2.05) is 4.90 Å². The normalized spacial score (nSPS) is 30.7. The van der Waals surface area contributed by atoms with Crippen molar-refractivity contribution >= 4 is 12.0 Å². The molecular weight excluding hydrogens is 455 g/mol. The zero-order valence-corrected chi connectivity index (χ0v) is 18.5. The third kappa shape index (κ3) is 5.08. The summed E-state index contributed by atoms with van der Waals surface area (Å²) < 4.78 is 46.4. The fraction of sp³-hybridized carbons (Fsp3) is 0.636. The van der Waals surface area contributed by atoms with Gasteiger partial charge in [-0.05, 0) is 37.0 Å². The van der Waals surface area contributed by atoms with Gasteiger partial charge in [-0.2, -0.15) is 5.53 Å². The number of halogens is 3. The Hall–Kier alpha value is -2.57. The molecule has 1 aromatic carbocycles. The number of amides is 2. The highest BCUT2D eigenvalue weighted by atomic mass is 19.4. The van der Waals surface area contributed by atoms with Crippen molar-refractivity contribution in [1.82, 2.24) is 26.2 Å². The number of rotatable bonds is 4. The van der Waals surface area contributed by atoms with Crippen molar-refractivity contribution in [2.24, 2.45) is 17.8 Å². The van der Waals surface area contributed by atoms with Gasteiger partial charge in [0, 0.05) is 56.0 Å². The summed E-state index contributed by atoms with van der Waals surface area (Å²) in [5, 5.41) is 0. The van der Waals surface area contributed by atoms with E-state index >= 15 is 0 Å². The molecule has 0 spiro atoms. The molecule has 3 aliphatic heterocycles. The average molecular weight is 483 g/mol. The van der Waals surface area contributed by atoms with Crippen LogP contribution in [0.1, 0.15) is 24.8 Å². The molecule has 3 heterocycles. The summed E-state index contributed by atoms with van der Waals surface area (Å²) in [6, 6.07) is 6.00. The standard InChI is InChI=1S/C22H28F3N5O4/c23-22(24,25)34-17-3-1-2-13(6-17)12-33-21(32)30-10-15-8-29(9-16(15)11-30)20(31)14-4-5-18-19(7-14)27-28-26-18/h1-3,6,14-16,18-19,26-28H,4-5,7-12H2/t14?,15-,16+,18?,19?. The van der Waals surface area contributed by atoms with Gasteiger partial charge in [0.1, 0.15) is 12.4 Å². The number of alkyl halides is 3. The van der Waals surface area contributed by atoms with Gasteiger partial charge in [0.2, 0.25) is 5.91 Å². The molecule has 0 radical (unpaired) electrons. The lowest BCUT2D eigenvalue weighted by atomic mass is 9.82. The van der Waals surface area contributed by atoms with E-state index < -0.39 is 12.5 Å². The van der Waals surface area contributed by atoms with Gasteiger partial charge < -0.3 is 19.3 Å². The van der Waals surface area contributed by atoms with Crippen molar-refractivity contribution in [3.63, 3.8) is 0 Å². The highest BCUT2D eigenvalue weighted by molar-refractivity contribution is 5.79. The molecule has 4 aliphatic rings. The Morgan fingerprint density at radius 1 is 1.00 bits per heavy atom. The first kappa shape index (κ1) is 23.2. The van der Waals surface area contributed by atoms with Gasteiger partial charge in [0.25, 0.3) is 0 Å². The number of ether oxygens (including phenoxy) is 2. The molecule has 186 valence electrons. The van der Waals surface area contributed by atoms with Crippen LogP contribution in [-0.2, 0) is 16.1 Å². The van der Waals surface area contributed by atoms with Gasteiger partial charge in [-0.3, -0.25) is 4.79 Å². The topological polar surface area (TPSA) is 95.2 Å². The van der Waals surface area contributed by atoms with Crippen LogP contribution in [0.5, 0.6) is 5.75 Å². The van der Waals surface area contributed by atoms with Crippen LogP contribution in [0.15, 0.2) is 24.3 Å². The number of nitrogens with one attached hydrogen (secondary N) is 3. The largest absolute Gasteiger partial charge is 0.573 e. The van der Waals surface area contributed by atoms with E-state index in [0.29, 0.717) is 37.8 Å².